The normalized spacial score (nSPS) is 24.0. The molecule has 1 aromatic carbocycles. The first-order valence-electron chi connectivity index (χ1n) is 5.58. The molecule has 0 aliphatic carbocycles. The highest BCUT2D eigenvalue weighted by molar-refractivity contribution is 9.10. The molecule has 1 aliphatic rings. The molecule has 0 spiro atoms. The molecule has 2 rings (SSSR count). The molecular weight excluding hydrogens is 264 g/mol. The Bertz CT molecular complexity index is 403. The summed E-state index contributed by atoms with van der Waals surface area (Å²) in [6, 6.07) is 8.39. The lowest BCUT2D eigenvalue weighted by atomic mass is 9.93. The molecule has 0 fully saturated rings. The van der Waals surface area contributed by atoms with Gasteiger partial charge in [0.2, 0.25) is 0 Å². The van der Waals surface area contributed by atoms with Crippen molar-refractivity contribution < 1.29 is 4.74 Å². The third kappa shape index (κ3) is 2.74. The summed E-state index contributed by atoms with van der Waals surface area (Å²) in [7, 11) is 0. The van der Waals surface area contributed by atoms with Crippen LogP contribution in [0.2, 0.25) is 0 Å². The summed E-state index contributed by atoms with van der Waals surface area (Å²) in [5.74, 6) is 0. The summed E-state index contributed by atoms with van der Waals surface area (Å²) in [4.78, 5) is 0. The number of halogens is 1. The first-order valence-corrected chi connectivity index (χ1v) is 6.37. The van der Waals surface area contributed by atoms with E-state index in [1.54, 1.807) is 0 Å². The van der Waals surface area contributed by atoms with E-state index in [0.29, 0.717) is 0 Å². The minimum Gasteiger partial charge on any atom is -0.363 e. The average Bonchev–Trinajstić information content (AvgIpc) is 2.15. The molecule has 0 N–H and O–H groups in total. The number of hydrogen-bond acceptors (Lipinski definition) is 1. The Balaban J connectivity index is 2.24. The van der Waals surface area contributed by atoms with Crippen molar-refractivity contribution >= 4 is 15.9 Å². The van der Waals surface area contributed by atoms with Gasteiger partial charge in [0.05, 0.1) is 11.7 Å². The minimum atomic E-state index is -0.153. The van der Waals surface area contributed by atoms with Gasteiger partial charge in [-0.1, -0.05) is 39.7 Å². The van der Waals surface area contributed by atoms with E-state index in [1.165, 1.54) is 11.1 Å². The van der Waals surface area contributed by atoms with Crippen LogP contribution in [-0.2, 0) is 4.74 Å². The molecule has 16 heavy (non-hydrogen) atoms. The van der Waals surface area contributed by atoms with Crippen molar-refractivity contribution in [2.24, 2.45) is 0 Å². The van der Waals surface area contributed by atoms with Crippen molar-refractivity contribution in [1.82, 2.24) is 0 Å². The van der Waals surface area contributed by atoms with Gasteiger partial charge >= 0.3 is 0 Å². The van der Waals surface area contributed by atoms with Crippen LogP contribution in [0.1, 0.15) is 38.9 Å². The summed E-state index contributed by atoms with van der Waals surface area (Å²) in [6.45, 7) is 6.40. The van der Waals surface area contributed by atoms with E-state index in [1.807, 2.05) is 0 Å². The molecule has 0 unspecified atom stereocenters. The highest BCUT2D eigenvalue weighted by Crippen LogP contribution is 2.36. The summed E-state index contributed by atoms with van der Waals surface area (Å²) in [6.07, 6.45) is 3.39. The van der Waals surface area contributed by atoms with Crippen LogP contribution in [0.4, 0.5) is 0 Å². The quantitative estimate of drug-likeness (QED) is 0.682. The van der Waals surface area contributed by atoms with Crippen LogP contribution in [0.5, 0.6) is 0 Å². The van der Waals surface area contributed by atoms with E-state index in [4.69, 9.17) is 4.74 Å². The van der Waals surface area contributed by atoms with Crippen molar-refractivity contribution in [3.8, 4) is 0 Å². The van der Waals surface area contributed by atoms with Crippen molar-refractivity contribution in [1.29, 1.82) is 0 Å². The number of hydrogen-bond donors (Lipinski definition) is 0. The van der Waals surface area contributed by atoms with Crippen molar-refractivity contribution in [3.05, 3.63) is 46.0 Å². The Labute approximate surface area is 106 Å². The van der Waals surface area contributed by atoms with E-state index in [2.05, 4.69) is 67.0 Å². The lowest BCUT2D eigenvalue weighted by Crippen LogP contribution is -2.28. The molecule has 86 valence electrons. The second kappa shape index (κ2) is 4.34. The van der Waals surface area contributed by atoms with Crippen LogP contribution in [-0.4, -0.2) is 5.60 Å². The maximum absolute atomic E-state index is 6.08. The smallest absolute Gasteiger partial charge is 0.0873 e. The minimum absolute atomic E-state index is 0.153. The van der Waals surface area contributed by atoms with Crippen LogP contribution in [0.25, 0.3) is 0 Å². The van der Waals surface area contributed by atoms with E-state index >= 15 is 0 Å². The van der Waals surface area contributed by atoms with Gasteiger partial charge in [-0.2, -0.15) is 0 Å². The van der Waals surface area contributed by atoms with Gasteiger partial charge in [-0.3, -0.25) is 0 Å². The molecule has 1 heterocycles. The molecule has 0 saturated carbocycles. The van der Waals surface area contributed by atoms with E-state index in [-0.39, 0.29) is 11.7 Å². The first-order chi connectivity index (χ1) is 7.46. The van der Waals surface area contributed by atoms with Gasteiger partial charge in [-0.15, -0.1) is 0 Å². The monoisotopic (exact) mass is 280 g/mol. The SMILES string of the molecule is CC1=CC(C)(C)O[C@@H](c2ccc(Br)cc2)C1. The molecule has 0 saturated heterocycles. The van der Waals surface area contributed by atoms with Crippen LogP contribution < -0.4 is 0 Å². The Morgan fingerprint density at radius 3 is 2.44 bits per heavy atom. The van der Waals surface area contributed by atoms with Crippen molar-refractivity contribution in [2.75, 3.05) is 0 Å². The largest absolute Gasteiger partial charge is 0.363 e. The Morgan fingerprint density at radius 2 is 1.88 bits per heavy atom. The highest BCUT2D eigenvalue weighted by Gasteiger charge is 2.27. The predicted molar refractivity (Wildman–Crippen MR) is 70.4 cm³/mol. The Morgan fingerprint density at radius 1 is 1.25 bits per heavy atom. The summed E-state index contributed by atoms with van der Waals surface area (Å²) in [5, 5.41) is 0. The Hall–Kier alpha value is -0.600. The Kier molecular flexibility index (Phi) is 3.22. The van der Waals surface area contributed by atoms with E-state index in [9.17, 15) is 0 Å². The van der Waals surface area contributed by atoms with Crippen LogP contribution >= 0.6 is 15.9 Å². The molecule has 1 aliphatic heterocycles. The summed E-state index contributed by atoms with van der Waals surface area (Å²) < 4.78 is 7.19. The van der Waals surface area contributed by atoms with Gasteiger partial charge in [-0.05, 0) is 44.9 Å². The van der Waals surface area contributed by atoms with Gasteiger partial charge in [0.15, 0.2) is 0 Å². The molecule has 0 radical (unpaired) electrons. The van der Waals surface area contributed by atoms with Crippen molar-refractivity contribution in [3.63, 3.8) is 0 Å². The first kappa shape index (κ1) is 11.9. The molecule has 1 nitrogen and oxygen atoms in total. The number of ether oxygens (including phenoxy) is 1. The van der Waals surface area contributed by atoms with E-state index in [0.717, 1.165) is 10.9 Å². The fourth-order valence-electron chi connectivity index (χ4n) is 2.25. The fraction of sp³-hybridized carbons (Fsp3) is 0.429. The molecule has 1 aromatic rings. The molecule has 0 bridgehead atoms. The fourth-order valence-corrected chi connectivity index (χ4v) is 2.51. The standard InChI is InChI=1S/C14H17BrO/c1-10-8-13(16-14(2,3)9-10)11-4-6-12(15)7-5-11/h4-7,9,13H,8H2,1-3H3/t13-/m1/s1. The van der Waals surface area contributed by atoms with Crippen LogP contribution in [0, 0.1) is 0 Å². The maximum Gasteiger partial charge on any atom is 0.0873 e. The maximum atomic E-state index is 6.08. The molecule has 0 amide bonds. The third-order valence-corrected chi connectivity index (χ3v) is 3.32. The van der Waals surface area contributed by atoms with Gasteiger partial charge < -0.3 is 4.74 Å². The zero-order valence-electron chi connectivity index (χ0n) is 9.96. The summed E-state index contributed by atoms with van der Waals surface area (Å²) in [5.41, 5.74) is 2.51. The topological polar surface area (TPSA) is 9.23 Å². The van der Waals surface area contributed by atoms with E-state index < -0.39 is 0 Å². The lowest BCUT2D eigenvalue weighted by Gasteiger charge is -2.34. The molecule has 0 aromatic heterocycles. The van der Waals surface area contributed by atoms with Gasteiger partial charge in [0.1, 0.15) is 0 Å². The average molecular weight is 281 g/mol. The third-order valence-electron chi connectivity index (χ3n) is 2.79. The number of benzene rings is 1. The highest BCUT2D eigenvalue weighted by atomic mass is 79.9. The summed E-state index contributed by atoms with van der Waals surface area (Å²) >= 11 is 3.45. The zero-order chi connectivity index (χ0) is 11.8. The van der Waals surface area contributed by atoms with Crippen molar-refractivity contribution in [2.45, 2.75) is 38.9 Å². The van der Waals surface area contributed by atoms with Crippen LogP contribution in [0.15, 0.2) is 40.4 Å². The van der Waals surface area contributed by atoms with Crippen LogP contribution in [0.3, 0.4) is 0 Å². The molecular formula is C14H17BrO. The van der Waals surface area contributed by atoms with Gasteiger partial charge in [0.25, 0.3) is 0 Å². The van der Waals surface area contributed by atoms with Gasteiger partial charge in [-0.25, -0.2) is 0 Å². The second-order valence-electron chi connectivity index (χ2n) is 4.96. The number of rotatable bonds is 1. The second-order valence-corrected chi connectivity index (χ2v) is 5.87. The molecule has 1 atom stereocenters. The predicted octanol–water partition coefficient (Wildman–Crippen LogP) is 4.64. The molecule has 2 heteroatoms. The lowest BCUT2D eigenvalue weighted by molar-refractivity contribution is -0.0529. The zero-order valence-corrected chi connectivity index (χ0v) is 11.5. The van der Waals surface area contributed by atoms with Gasteiger partial charge in [0, 0.05) is 4.47 Å².